The third kappa shape index (κ3) is 7.67. The molecule has 1 saturated heterocycles. The quantitative estimate of drug-likeness (QED) is 0.330. The summed E-state index contributed by atoms with van der Waals surface area (Å²) in [5, 5.41) is 21.4. The van der Waals surface area contributed by atoms with Gasteiger partial charge in [0.1, 0.15) is 11.7 Å². The van der Waals surface area contributed by atoms with Crippen LogP contribution in [0.25, 0.3) is 22.6 Å². The van der Waals surface area contributed by atoms with E-state index in [0.29, 0.717) is 22.6 Å². The zero-order valence-corrected chi connectivity index (χ0v) is 23.2. The fourth-order valence-corrected chi connectivity index (χ4v) is 4.51. The van der Waals surface area contributed by atoms with Gasteiger partial charge in [-0.3, -0.25) is 14.4 Å². The average molecular weight is 576 g/mol. The molecule has 42 heavy (non-hydrogen) atoms. The number of aromatic nitrogens is 2. The smallest absolute Gasteiger partial charge is 0.409 e. The molecule has 0 radical (unpaired) electrons. The lowest BCUT2D eigenvalue weighted by atomic mass is 10.1. The summed E-state index contributed by atoms with van der Waals surface area (Å²) in [5.74, 6) is -1.90. The Morgan fingerprint density at radius 3 is 2.21 bits per heavy atom. The van der Waals surface area contributed by atoms with Gasteiger partial charge in [0.15, 0.2) is 5.82 Å². The molecule has 0 saturated carbocycles. The van der Waals surface area contributed by atoms with Gasteiger partial charge in [-0.25, -0.2) is 14.8 Å². The molecular formula is C30H33N5O7. The van der Waals surface area contributed by atoms with Gasteiger partial charge in [-0.1, -0.05) is 54.6 Å². The highest BCUT2D eigenvalue weighted by Gasteiger charge is 2.31. The van der Waals surface area contributed by atoms with Gasteiger partial charge in [-0.2, -0.15) is 0 Å². The van der Waals surface area contributed by atoms with Crippen LogP contribution in [0.15, 0.2) is 60.7 Å². The second kappa shape index (κ2) is 14.2. The van der Waals surface area contributed by atoms with Gasteiger partial charge < -0.3 is 30.1 Å². The minimum Gasteiger partial charge on any atom is -0.481 e. The van der Waals surface area contributed by atoms with Gasteiger partial charge in [0, 0.05) is 43.7 Å². The number of carboxylic acids is 1. The number of nitrogens with zero attached hydrogens (tertiary/aromatic N) is 4. The van der Waals surface area contributed by atoms with E-state index in [1.54, 1.807) is 31.2 Å². The molecule has 1 aliphatic rings. The number of aliphatic hydroxyl groups is 1. The van der Waals surface area contributed by atoms with E-state index >= 15 is 0 Å². The normalized spacial score (nSPS) is 13.8. The van der Waals surface area contributed by atoms with Crippen molar-refractivity contribution in [1.82, 2.24) is 25.1 Å². The molecule has 1 aliphatic heterocycles. The number of carbonyl (C=O) groups excluding carboxylic acids is 3. The average Bonchev–Trinajstić information content (AvgIpc) is 3.03. The fourth-order valence-electron chi connectivity index (χ4n) is 4.51. The predicted octanol–water partition coefficient (Wildman–Crippen LogP) is 2.57. The van der Waals surface area contributed by atoms with Crippen LogP contribution >= 0.6 is 0 Å². The molecule has 1 aromatic heterocycles. The number of amides is 3. The maximum atomic E-state index is 13.5. The highest BCUT2D eigenvalue weighted by Crippen LogP contribution is 2.23. The maximum absolute atomic E-state index is 13.5. The van der Waals surface area contributed by atoms with Crippen LogP contribution in [0.2, 0.25) is 0 Å². The van der Waals surface area contributed by atoms with Crippen molar-refractivity contribution in [3.05, 3.63) is 71.9 Å². The fraction of sp³-hybridized carbons (Fsp3) is 0.333. The van der Waals surface area contributed by atoms with Gasteiger partial charge in [0.05, 0.1) is 18.9 Å². The van der Waals surface area contributed by atoms with Crippen molar-refractivity contribution in [3.8, 4) is 22.6 Å². The first-order chi connectivity index (χ1) is 20.3. The molecule has 3 N–H and O–H groups in total. The van der Waals surface area contributed by atoms with E-state index in [2.05, 4.69) is 15.3 Å². The van der Waals surface area contributed by atoms with Crippen molar-refractivity contribution in [1.29, 1.82) is 0 Å². The molecule has 1 unspecified atom stereocenters. The van der Waals surface area contributed by atoms with E-state index in [4.69, 9.17) is 4.74 Å². The van der Waals surface area contributed by atoms with Crippen LogP contribution < -0.4 is 5.32 Å². The van der Waals surface area contributed by atoms with Gasteiger partial charge in [-0.15, -0.1) is 0 Å². The van der Waals surface area contributed by atoms with Crippen molar-refractivity contribution in [2.24, 2.45) is 0 Å². The second-order valence-electron chi connectivity index (χ2n) is 9.65. The summed E-state index contributed by atoms with van der Waals surface area (Å²) in [5.41, 5.74) is 2.56. The summed E-state index contributed by atoms with van der Waals surface area (Å²) in [4.78, 5) is 62.5. The van der Waals surface area contributed by atoms with Gasteiger partial charge in [0.25, 0.3) is 5.91 Å². The SMILES string of the molecule is CCOC(=O)N1CCN(C(=O)C(CCC(=O)O)NC(=O)c2cc(-c3ccc(CO)cc3)nc(-c3ccccc3)n2)CC1. The molecule has 220 valence electrons. The van der Waals surface area contributed by atoms with Crippen LogP contribution in [0, 0.1) is 0 Å². The highest BCUT2D eigenvalue weighted by atomic mass is 16.6. The summed E-state index contributed by atoms with van der Waals surface area (Å²) in [6.07, 6.45) is -0.912. The molecule has 1 atom stereocenters. The summed E-state index contributed by atoms with van der Waals surface area (Å²) < 4.78 is 5.02. The molecule has 12 nitrogen and oxygen atoms in total. The predicted molar refractivity (Wildman–Crippen MR) is 152 cm³/mol. The molecule has 0 spiro atoms. The number of aliphatic carboxylic acids is 1. The first kappa shape index (κ1) is 30.1. The van der Waals surface area contributed by atoms with Crippen molar-refractivity contribution in [3.63, 3.8) is 0 Å². The largest absolute Gasteiger partial charge is 0.481 e. The van der Waals surface area contributed by atoms with E-state index in [-0.39, 0.29) is 57.9 Å². The number of rotatable bonds is 10. The molecule has 4 rings (SSSR count). The van der Waals surface area contributed by atoms with Crippen LogP contribution in [0.4, 0.5) is 4.79 Å². The number of nitrogens with one attached hydrogen (secondary N) is 1. The monoisotopic (exact) mass is 575 g/mol. The zero-order chi connectivity index (χ0) is 30.1. The Morgan fingerprint density at radius 1 is 0.929 bits per heavy atom. The van der Waals surface area contributed by atoms with Crippen LogP contribution in [0.3, 0.4) is 0 Å². The molecular weight excluding hydrogens is 542 g/mol. The molecule has 3 amide bonds. The molecule has 1 fully saturated rings. The lowest BCUT2D eigenvalue weighted by Crippen LogP contribution is -2.56. The first-order valence-electron chi connectivity index (χ1n) is 13.7. The van der Waals surface area contributed by atoms with Crippen molar-refractivity contribution < 1.29 is 34.1 Å². The van der Waals surface area contributed by atoms with Crippen LogP contribution in [-0.2, 0) is 20.9 Å². The van der Waals surface area contributed by atoms with E-state index in [1.807, 2.05) is 30.3 Å². The molecule has 2 heterocycles. The minimum absolute atomic E-state index is 0.00495. The summed E-state index contributed by atoms with van der Waals surface area (Å²) >= 11 is 0. The summed E-state index contributed by atoms with van der Waals surface area (Å²) in [6, 6.07) is 16.6. The Kier molecular flexibility index (Phi) is 10.2. The Hall–Kier alpha value is -4.84. The van der Waals surface area contributed by atoms with Crippen molar-refractivity contribution in [2.45, 2.75) is 32.4 Å². The second-order valence-corrected chi connectivity index (χ2v) is 9.65. The standard InChI is InChI=1S/C30H33N5O7/c1-2-42-30(41)35-16-14-34(15-17-35)29(40)23(12-13-26(37)38)33-28(39)25-18-24(21-10-8-20(19-36)9-11-21)31-27(32-25)22-6-4-3-5-7-22/h3-11,18,23,36H,2,12-17,19H2,1H3,(H,33,39)(H,37,38). The number of carbonyl (C=O) groups is 4. The number of carboxylic acid groups (broad SMARTS) is 1. The Labute approximate surface area is 243 Å². The molecule has 2 aromatic carbocycles. The van der Waals surface area contributed by atoms with E-state index in [1.165, 1.54) is 15.9 Å². The Bertz CT molecular complexity index is 1410. The number of ether oxygens (including phenoxy) is 1. The number of piperazine rings is 1. The Morgan fingerprint density at radius 2 is 1.60 bits per heavy atom. The van der Waals surface area contributed by atoms with Gasteiger partial charge in [0.2, 0.25) is 5.91 Å². The number of benzene rings is 2. The van der Waals surface area contributed by atoms with Crippen LogP contribution in [-0.4, -0.2) is 92.7 Å². The molecule has 12 heteroatoms. The lowest BCUT2D eigenvalue weighted by molar-refractivity contribution is -0.138. The minimum atomic E-state index is -1.12. The van der Waals surface area contributed by atoms with Gasteiger partial charge >= 0.3 is 12.1 Å². The zero-order valence-electron chi connectivity index (χ0n) is 23.2. The van der Waals surface area contributed by atoms with E-state index < -0.39 is 29.9 Å². The van der Waals surface area contributed by atoms with Crippen LogP contribution in [0.1, 0.15) is 35.8 Å². The van der Waals surface area contributed by atoms with Crippen LogP contribution in [0.5, 0.6) is 0 Å². The summed E-state index contributed by atoms with van der Waals surface area (Å²) in [6.45, 7) is 2.80. The molecule has 3 aromatic rings. The third-order valence-corrected chi connectivity index (χ3v) is 6.79. The molecule has 0 bridgehead atoms. The van der Waals surface area contributed by atoms with Crippen molar-refractivity contribution >= 4 is 23.9 Å². The number of aliphatic hydroxyl groups excluding tert-OH is 1. The summed E-state index contributed by atoms with van der Waals surface area (Å²) in [7, 11) is 0. The Balaban J connectivity index is 1.59. The number of hydrogen-bond donors (Lipinski definition) is 3. The maximum Gasteiger partial charge on any atom is 0.409 e. The topological polar surface area (TPSA) is 162 Å². The lowest BCUT2D eigenvalue weighted by Gasteiger charge is -2.35. The van der Waals surface area contributed by atoms with Crippen molar-refractivity contribution in [2.75, 3.05) is 32.8 Å². The number of hydrogen-bond acceptors (Lipinski definition) is 8. The molecule has 0 aliphatic carbocycles. The van der Waals surface area contributed by atoms with Gasteiger partial charge in [-0.05, 0) is 25.0 Å². The van der Waals surface area contributed by atoms with E-state index in [9.17, 15) is 29.4 Å². The first-order valence-corrected chi connectivity index (χ1v) is 13.7. The van der Waals surface area contributed by atoms with E-state index in [0.717, 1.165) is 5.56 Å². The highest BCUT2D eigenvalue weighted by molar-refractivity contribution is 5.97. The third-order valence-electron chi connectivity index (χ3n) is 6.79.